The highest BCUT2D eigenvalue weighted by Gasteiger charge is 2.19. The molecule has 1 atom stereocenters. The summed E-state index contributed by atoms with van der Waals surface area (Å²) in [6.45, 7) is 0. The van der Waals surface area contributed by atoms with Gasteiger partial charge in [0.2, 0.25) is 0 Å². The molecule has 1 unspecified atom stereocenters. The Balaban J connectivity index is 2.06. The zero-order chi connectivity index (χ0) is 14.8. The first-order valence-electron chi connectivity index (χ1n) is 6.57. The summed E-state index contributed by atoms with van der Waals surface area (Å²) in [4.78, 5) is 4.39. The van der Waals surface area contributed by atoms with Gasteiger partial charge in [-0.05, 0) is 18.2 Å². The number of aliphatic hydroxyl groups excluding tert-OH is 1. The average molecular weight is 283 g/mol. The van der Waals surface area contributed by atoms with Crippen molar-refractivity contribution >= 4 is 10.9 Å². The highest BCUT2D eigenvalue weighted by Crippen LogP contribution is 2.29. The van der Waals surface area contributed by atoms with E-state index in [1.54, 1.807) is 12.1 Å². The van der Waals surface area contributed by atoms with Crippen LogP contribution in [-0.4, -0.2) is 17.2 Å². The minimum Gasteiger partial charge on any atom is -0.494 e. The van der Waals surface area contributed by atoms with Gasteiger partial charge in [-0.25, -0.2) is 9.37 Å². The third-order valence-electron chi connectivity index (χ3n) is 3.41. The molecule has 3 aromatic rings. The fraction of sp³-hybridized carbons (Fsp3) is 0.118. The number of rotatable bonds is 3. The summed E-state index contributed by atoms with van der Waals surface area (Å²) in [6.07, 6.45) is -1.13. The summed E-state index contributed by atoms with van der Waals surface area (Å²) in [5.41, 5.74) is 1.32. The van der Waals surface area contributed by atoms with Crippen LogP contribution in [0.2, 0.25) is 0 Å². The molecule has 0 saturated heterocycles. The normalized spacial score (nSPS) is 12.3. The Morgan fingerprint density at radius 1 is 1.05 bits per heavy atom. The Morgan fingerprint density at radius 2 is 1.86 bits per heavy atom. The first-order chi connectivity index (χ1) is 10.2. The van der Waals surface area contributed by atoms with Gasteiger partial charge < -0.3 is 9.84 Å². The Bertz CT molecular complexity index is 789. The lowest BCUT2D eigenvalue weighted by Gasteiger charge is -2.14. The third-order valence-corrected chi connectivity index (χ3v) is 3.41. The molecule has 3 rings (SSSR count). The molecular weight excluding hydrogens is 269 g/mol. The van der Waals surface area contributed by atoms with Crippen LogP contribution in [0.3, 0.4) is 0 Å². The Kier molecular flexibility index (Phi) is 3.54. The molecule has 4 heteroatoms. The molecule has 0 aliphatic heterocycles. The molecule has 3 nitrogen and oxygen atoms in total. The predicted octanol–water partition coefficient (Wildman–Crippen LogP) is 3.46. The van der Waals surface area contributed by atoms with Crippen molar-refractivity contribution in [1.82, 2.24) is 4.98 Å². The maximum absolute atomic E-state index is 14.2. The largest absolute Gasteiger partial charge is 0.494 e. The molecule has 0 fully saturated rings. The molecule has 106 valence electrons. The summed E-state index contributed by atoms with van der Waals surface area (Å²) in [7, 11) is 1.39. The second-order valence-electron chi connectivity index (χ2n) is 4.69. The van der Waals surface area contributed by atoms with Crippen LogP contribution in [0, 0.1) is 5.82 Å². The first-order valence-corrected chi connectivity index (χ1v) is 6.57. The topological polar surface area (TPSA) is 42.4 Å². The number of para-hydroxylation sites is 1. The minimum atomic E-state index is -1.13. The summed E-state index contributed by atoms with van der Waals surface area (Å²) >= 11 is 0. The van der Waals surface area contributed by atoms with Gasteiger partial charge in [0, 0.05) is 10.9 Å². The number of hydrogen-bond acceptors (Lipinski definition) is 3. The summed E-state index contributed by atoms with van der Waals surface area (Å²) in [5, 5.41) is 11.4. The summed E-state index contributed by atoms with van der Waals surface area (Å²) < 4.78 is 19.1. The lowest BCUT2D eigenvalue weighted by atomic mass is 10.0. The van der Waals surface area contributed by atoms with E-state index in [0.29, 0.717) is 5.69 Å². The zero-order valence-electron chi connectivity index (χ0n) is 11.5. The molecule has 0 aliphatic rings. The highest BCUT2D eigenvalue weighted by molar-refractivity contribution is 5.78. The number of benzene rings is 2. The average Bonchev–Trinajstić information content (AvgIpc) is 2.54. The number of fused-ring (bicyclic) bond motifs is 1. The van der Waals surface area contributed by atoms with Crippen LogP contribution in [-0.2, 0) is 0 Å². The molecule has 0 saturated carbocycles. The third kappa shape index (κ3) is 2.45. The number of halogens is 1. The van der Waals surface area contributed by atoms with Gasteiger partial charge in [-0.15, -0.1) is 0 Å². The van der Waals surface area contributed by atoms with Gasteiger partial charge in [0.15, 0.2) is 11.6 Å². The van der Waals surface area contributed by atoms with E-state index >= 15 is 0 Å². The van der Waals surface area contributed by atoms with E-state index in [0.717, 1.165) is 10.9 Å². The monoisotopic (exact) mass is 283 g/mol. The van der Waals surface area contributed by atoms with Crippen LogP contribution in [0.1, 0.15) is 17.4 Å². The summed E-state index contributed by atoms with van der Waals surface area (Å²) in [6, 6.07) is 15.8. The van der Waals surface area contributed by atoms with Crippen LogP contribution >= 0.6 is 0 Å². The minimum absolute atomic E-state index is 0.104. The van der Waals surface area contributed by atoms with Crippen molar-refractivity contribution in [2.24, 2.45) is 0 Å². The van der Waals surface area contributed by atoms with Gasteiger partial charge in [0.1, 0.15) is 6.10 Å². The Hall–Kier alpha value is -2.46. The van der Waals surface area contributed by atoms with Crippen LogP contribution in [0.5, 0.6) is 5.75 Å². The van der Waals surface area contributed by atoms with Gasteiger partial charge in [0.25, 0.3) is 0 Å². The zero-order valence-corrected chi connectivity index (χ0v) is 11.5. The molecule has 1 heterocycles. The molecule has 0 radical (unpaired) electrons. The fourth-order valence-corrected chi connectivity index (χ4v) is 2.29. The van der Waals surface area contributed by atoms with E-state index in [1.165, 1.54) is 19.2 Å². The maximum atomic E-state index is 14.2. The number of nitrogens with zero attached hydrogens (tertiary/aromatic N) is 1. The molecule has 0 aliphatic carbocycles. The number of hydrogen-bond donors (Lipinski definition) is 1. The molecule has 1 aromatic heterocycles. The maximum Gasteiger partial charge on any atom is 0.171 e. The predicted molar refractivity (Wildman–Crippen MR) is 78.8 cm³/mol. The van der Waals surface area contributed by atoms with E-state index in [4.69, 9.17) is 4.74 Å². The van der Waals surface area contributed by atoms with Crippen molar-refractivity contribution in [1.29, 1.82) is 0 Å². The highest BCUT2D eigenvalue weighted by atomic mass is 19.1. The van der Waals surface area contributed by atoms with Crippen LogP contribution in [0.15, 0.2) is 54.6 Å². The Labute approximate surface area is 121 Å². The number of pyridine rings is 1. The fourth-order valence-electron chi connectivity index (χ4n) is 2.29. The lowest BCUT2D eigenvalue weighted by Crippen LogP contribution is -2.06. The Morgan fingerprint density at radius 3 is 2.67 bits per heavy atom. The SMILES string of the molecule is COc1cccc(C(O)c2ccc3ccccc3n2)c1F. The van der Waals surface area contributed by atoms with Gasteiger partial charge in [-0.1, -0.05) is 36.4 Å². The molecule has 0 amide bonds. The van der Waals surface area contributed by atoms with E-state index in [2.05, 4.69) is 4.98 Å². The van der Waals surface area contributed by atoms with Crippen molar-refractivity contribution in [3.8, 4) is 5.75 Å². The van der Waals surface area contributed by atoms with E-state index < -0.39 is 11.9 Å². The van der Waals surface area contributed by atoms with Gasteiger partial charge in [0.05, 0.1) is 18.3 Å². The lowest BCUT2D eigenvalue weighted by molar-refractivity contribution is 0.209. The van der Waals surface area contributed by atoms with E-state index in [9.17, 15) is 9.50 Å². The van der Waals surface area contributed by atoms with Crippen molar-refractivity contribution in [2.75, 3.05) is 7.11 Å². The van der Waals surface area contributed by atoms with Crippen molar-refractivity contribution in [2.45, 2.75) is 6.10 Å². The van der Waals surface area contributed by atoms with Gasteiger partial charge in [-0.2, -0.15) is 0 Å². The molecule has 2 aromatic carbocycles. The van der Waals surface area contributed by atoms with Crippen LogP contribution in [0.25, 0.3) is 10.9 Å². The molecule has 1 N–H and O–H groups in total. The van der Waals surface area contributed by atoms with E-state index in [1.807, 2.05) is 30.3 Å². The van der Waals surface area contributed by atoms with Crippen LogP contribution < -0.4 is 4.74 Å². The number of aromatic nitrogens is 1. The molecule has 0 spiro atoms. The molecule has 0 bridgehead atoms. The quantitative estimate of drug-likeness (QED) is 0.800. The van der Waals surface area contributed by atoms with Crippen molar-refractivity contribution in [3.63, 3.8) is 0 Å². The number of aliphatic hydroxyl groups is 1. The smallest absolute Gasteiger partial charge is 0.171 e. The molecular formula is C17H14FNO2. The first kappa shape index (κ1) is 13.5. The van der Waals surface area contributed by atoms with Crippen LogP contribution in [0.4, 0.5) is 4.39 Å². The van der Waals surface area contributed by atoms with E-state index in [-0.39, 0.29) is 11.3 Å². The molecule has 21 heavy (non-hydrogen) atoms. The van der Waals surface area contributed by atoms with Crippen molar-refractivity contribution < 1.29 is 14.2 Å². The number of ether oxygens (including phenoxy) is 1. The van der Waals surface area contributed by atoms with Gasteiger partial charge in [-0.3, -0.25) is 0 Å². The summed E-state index contributed by atoms with van der Waals surface area (Å²) in [5.74, 6) is -0.463. The van der Waals surface area contributed by atoms with Crippen molar-refractivity contribution in [3.05, 3.63) is 71.7 Å². The standard InChI is InChI=1S/C17H14FNO2/c1-21-15-8-4-6-12(16(15)18)17(20)14-10-9-11-5-2-3-7-13(11)19-14/h2-10,17,20H,1H3. The second kappa shape index (κ2) is 5.50. The number of methoxy groups -OCH3 is 1. The van der Waals surface area contributed by atoms with Gasteiger partial charge >= 0.3 is 0 Å². The second-order valence-corrected chi connectivity index (χ2v) is 4.69.